The summed E-state index contributed by atoms with van der Waals surface area (Å²) in [7, 11) is 0. The van der Waals surface area contributed by atoms with E-state index in [9.17, 15) is 9.59 Å². The van der Waals surface area contributed by atoms with Crippen LogP contribution in [0.4, 0.5) is 4.79 Å². The van der Waals surface area contributed by atoms with E-state index in [-0.39, 0.29) is 12.0 Å². The number of hydrogen-bond acceptors (Lipinski definition) is 5. The van der Waals surface area contributed by atoms with E-state index in [1.54, 1.807) is 4.90 Å². The molecule has 2 fully saturated rings. The van der Waals surface area contributed by atoms with Gasteiger partial charge in [-0.1, -0.05) is 42.0 Å². The number of rotatable bonds is 2. The van der Waals surface area contributed by atoms with Crippen molar-refractivity contribution in [3.63, 3.8) is 0 Å². The highest BCUT2D eigenvalue weighted by atomic mass is 16.8. The first-order valence-electron chi connectivity index (χ1n) is 9.72. The number of aryl methyl sites for hydroxylation is 1. The molecular weight excluding hydrogens is 368 g/mol. The van der Waals surface area contributed by atoms with Crippen LogP contribution >= 0.6 is 0 Å². The van der Waals surface area contributed by atoms with Crippen molar-refractivity contribution in [3.05, 3.63) is 65.7 Å². The number of amides is 1. The van der Waals surface area contributed by atoms with Gasteiger partial charge in [-0.25, -0.2) is 9.78 Å². The number of likely N-dealkylation sites (tertiary alicyclic amines) is 1. The number of carbonyl (C=O) groups excluding carboxylic acids is 2. The molecule has 2 saturated heterocycles. The van der Waals surface area contributed by atoms with E-state index in [4.69, 9.17) is 14.5 Å². The number of aromatic nitrogens is 1. The summed E-state index contributed by atoms with van der Waals surface area (Å²) in [4.78, 5) is 31.4. The van der Waals surface area contributed by atoms with Crippen molar-refractivity contribution < 1.29 is 19.1 Å². The van der Waals surface area contributed by atoms with Gasteiger partial charge in [0.25, 0.3) is 5.91 Å². The van der Waals surface area contributed by atoms with E-state index in [1.165, 1.54) is 0 Å². The summed E-state index contributed by atoms with van der Waals surface area (Å²) >= 11 is 0. The average molecular weight is 388 g/mol. The number of carbonyl (C=O) groups is 2. The molecular formula is C23H20N2O4. The number of pyridine rings is 1. The van der Waals surface area contributed by atoms with Crippen LogP contribution in [0.1, 0.15) is 22.3 Å². The topological polar surface area (TPSA) is 68.7 Å². The Morgan fingerprint density at radius 3 is 2.69 bits per heavy atom. The molecule has 2 aromatic carbocycles. The third-order valence-electron chi connectivity index (χ3n) is 5.55. The number of fused-ring (bicyclic) bond motifs is 2. The van der Waals surface area contributed by atoms with E-state index in [2.05, 4.69) is 0 Å². The molecule has 2 aliphatic heterocycles. The molecule has 2 aliphatic rings. The minimum Gasteiger partial charge on any atom is -0.427 e. The van der Waals surface area contributed by atoms with E-state index in [0.29, 0.717) is 25.1 Å². The number of ether oxygens (including phenoxy) is 2. The van der Waals surface area contributed by atoms with Crippen LogP contribution in [0.25, 0.3) is 22.2 Å². The zero-order chi connectivity index (χ0) is 20.0. The molecule has 6 heteroatoms. The van der Waals surface area contributed by atoms with Crippen LogP contribution in [0.15, 0.2) is 54.6 Å². The summed E-state index contributed by atoms with van der Waals surface area (Å²) in [6.45, 7) is 2.86. The van der Waals surface area contributed by atoms with Crippen LogP contribution in [0.3, 0.4) is 0 Å². The first-order valence-corrected chi connectivity index (χ1v) is 9.72. The van der Waals surface area contributed by atoms with Gasteiger partial charge in [0, 0.05) is 23.9 Å². The molecule has 0 bridgehead atoms. The van der Waals surface area contributed by atoms with Gasteiger partial charge in [-0.15, -0.1) is 0 Å². The lowest BCUT2D eigenvalue weighted by Crippen LogP contribution is -2.47. The van der Waals surface area contributed by atoms with Crippen LogP contribution in [0.2, 0.25) is 0 Å². The van der Waals surface area contributed by atoms with Crippen molar-refractivity contribution in [2.75, 3.05) is 13.1 Å². The second-order valence-corrected chi connectivity index (χ2v) is 7.54. The zero-order valence-corrected chi connectivity index (χ0v) is 16.0. The Morgan fingerprint density at radius 1 is 1.07 bits per heavy atom. The number of piperidine rings is 1. The van der Waals surface area contributed by atoms with Crippen LogP contribution in [0, 0.1) is 6.92 Å². The first kappa shape index (κ1) is 17.7. The molecule has 0 radical (unpaired) electrons. The third-order valence-corrected chi connectivity index (χ3v) is 5.55. The molecule has 2 atom stereocenters. The third kappa shape index (κ3) is 3.20. The van der Waals surface area contributed by atoms with Crippen LogP contribution in [-0.4, -0.2) is 47.2 Å². The average Bonchev–Trinajstić information content (AvgIpc) is 3.12. The summed E-state index contributed by atoms with van der Waals surface area (Å²) in [6.07, 6.45) is -0.729. The van der Waals surface area contributed by atoms with Crippen molar-refractivity contribution in [1.82, 2.24) is 9.88 Å². The largest absolute Gasteiger partial charge is 0.509 e. The van der Waals surface area contributed by atoms with Crippen LogP contribution in [0.5, 0.6) is 0 Å². The van der Waals surface area contributed by atoms with Crippen molar-refractivity contribution in [1.29, 1.82) is 0 Å². The van der Waals surface area contributed by atoms with E-state index in [1.807, 2.05) is 61.5 Å². The zero-order valence-electron chi connectivity index (χ0n) is 16.0. The Kier molecular flexibility index (Phi) is 4.19. The molecule has 0 spiro atoms. The number of hydrogen-bond donors (Lipinski definition) is 0. The van der Waals surface area contributed by atoms with Gasteiger partial charge in [0.2, 0.25) is 0 Å². The Labute approximate surface area is 168 Å². The van der Waals surface area contributed by atoms with Gasteiger partial charge < -0.3 is 14.4 Å². The summed E-state index contributed by atoms with van der Waals surface area (Å²) in [6, 6.07) is 17.6. The van der Waals surface area contributed by atoms with E-state index >= 15 is 0 Å². The highest BCUT2D eigenvalue weighted by molar-refractivity contribution is 6.07. The Balaban J connectivity index is 1.56. The fourth-order valence-electron chi connectivity index (χ4n) is 4.05. The molecule has 3 heterocycles. The van der Waals surface area contributed by atoms with Crippen molar-refractivity contribution in [2.24, 2.45) is 0 Å². The minimum absolute atomic E-state index is 0.0819. The summed E-state index contributed by atoms with van der Waals surface area (Å²) in [5.74, 6) is -0.0819. The van der Waals surface area contributed by atoms with Crippen molar-refractivity contribution in [3.8, 4) is 11.3 Å². The normalized spacial score (nSPS) is 20.9. The summed E-state index contributed by atoms with van der Waals surface area (Å²) in [5, 5.41) is 0.830. The van der Waals surface area contributed by atoms with Gasteiger partial charge in [-0.2, -0.15) is 0 Å². The molecule has 0 saturated carbocycles. The van der Waals surface area contributed by atoms with Gasteiger partial charge >= 0.3 is 6.16 Å². The summed E-state index contributed by atoms with van der Waals surface area (Å²) in [5.41, 5.74) is 4.18. The molecule has 1 amide bonds. The molecule has 1 aromatic heterocycles. The Hall–Kier alpha value is -3.41. The van der Waals surface area contributed by atoms with Gasteiger partial charge in [0.15, 0.2) is 6.10 Å². The highest BCUT2D eigenvalue weighted by Gasteiger charge is 2.42. The van der Waals surface area contributed by atoms with Crippen LogP contribution in [-0.2, 0) is 9.47 Å². The first-order chi connectivity index (χ1) is 14.1. The predicted octanol–water partition coefficient (Wildman–Crippen LogP) is 3.96. The second kappa shape index (κ2) is 6.88. The predicted molar refractivity (Wildman–Crippen MR) is 108 cm³/mol. The SMILES string of the molecule is Cc1ccc2nc(-c3ccccc3)cc(C(=O)N3CCC4OC(=O)OC4C3)c2c1. The Morgan fingerprint density at radius 2 is 1.86 bits per heavy atom. The lowest BCUT2D eigenvalue weighted by Gasteiger charge is -2.32. The minimum atomic E-state index is -0.648. The Bertz CT molecular complexity index is 1110. The second-order valence-electron chi connectivity index (χ2n) is 7.54. The quantitative estimate of drug-likeness (QED) is 0.622. The highest BCUT2D eigenvalue weighted by Crippen LogP contribution is 2.29. The molecule has 146 valence electrons. The molecule has 2 unspecified atom stereocenters. The summed E-state index contributed by atoms with van der Waals surface area (Å²) < 4.78 is 10.4. The van der Waals surface area contributed by atoms with Crippen LogP contribution < -0.4 is 0 Å². The van der Waals surface area contributed by atoms with Crippen molar-refractivity contribution >= 4 is 23.0 Å². The maximum Gasteiger partial charge on any atom is 0.509 e. The molecule has 0 aliphatic carbocycles. The smallest absolute Gasteiger partial charge is 0.427 e. The number of benzene rings is 2. The fraction of sp³-hybridized carbons (Fsp3) is 0.261. The van der Waals surface area contributed by atoms with E-state index in [0.717, 1.165) is 27.7 Å². The molecule has 6 nitrogen and oxygen atoms in total. The number of nitrogens with zero attached hydrogens (tertiary/aromatic N) is 2. The maximum absolute atomic E-state index is 13.5. The lowest BCUT2D eigenvalue weighted by molar-refractivity contribution is 0.0393. The fourth-order valence-corrected chi connectivity index (χ4v) is 4.05. The maximum atomic E-state index is 13.5. The standard InChI is InChI=1S/C23H20N2O4/c1-14-7-8-18-16(11-14)17(12-19(24-18)15-5-3-2-4-6-15)22(26)25-10-9-20-21(13-25)29-23(27)28-20/h2-8,11-12,20-21H,9-10,13H2,1H3. The molecule has 29 heavy (non-hydrogen) atoms. The molecule has 3 aromatic rings. The van der Waals surface area contributed by atoms with E-state index < -0.39 is 12.3 Å². The molecule has 0 N–H and O–H groups in total. The van der Waals surface area contributed by atoms with Gasteiger partial charge in [0.1, 0.15) is 6.10 Å². The van der Waals surface area contributed by atoms with Gasteiger partial charge in [0.05, 0.1) is 23.3 Å². The lowest BCUT2D eigenvalue weighted by atomic mass is 9.99. The molecule has 5 rings (SSSR count). The van der Waals surface area contributed by atoms with Gasteiger partial charge in [-0.3, -0.25) is 4.79 Å². The van der Waals surface area contributed by atoms with Crippen molar-refractivity contribution in [2.45, 2.75) is 25.6 Å². The monoisotopic (exact) mass is 388 g/mol. The van der Waals surface area contributed by atoms with Gasteiger partial charge in [-0.05, 0) is 25.1 Å².